The number of nitrogens with zero attached hydrogens (tertiary/aromatic N) is 1. The average molecular weight is 542 g/mol. The normalized spacial score (nSPS) is 19.4. The lowest BCUT2D eigenvalue weighted by atomic mass is 10.1. The Morgan fingerprint density at radius 3 is 2.29 bits per heavy atom. The molecule has 1 heterocycles. The van der Waals surface area contributed by atoms with Crippen LogP contribution in [0.15, 0.2) is 52.3 Å². The first kappa shape index (κ1) is 27.5. The van der Waals surface area contributed by atoms with Gasteiger partial charge in [-0.05, 0) is 60.6 Å². The van der Waals surface area contributed by atoms with Gasteiger partial charge in [0, 0.05) is 19.3 Å². The van der Waals surface area contributed by atoms with Gasteiger partial charge in [-0.2, -0.15) is 0 Å². The van der Waals surface area contributed by atoms with Crippen molar-refractivity contribution in [3.63, 3.8) is 0 Å². The van der Waals surface area contributed by atoms with E-state index in [9.17, 15) is 21.0 Å². The maximum absolute atomic E-state index is 13.7. The van der Waals surface area contributed by atoms with E-state index in [1.807, 2.05) is 32.9 Å². The van der Waals surface area contributed by atoms with Crippen molar-refractivity contribution in [2.75, 3.05) is 40.5 Å². The summed E-state index contributed by atoms with van der Waals surface area (Å²) < 4.78 is 73.3. The fourth-order valence-electron chi connectivity index (χ4n) is 4.12. The van der Waals surface area contributed by atoms with Crippen molar-refractivity contribution >= 4 is 41.0 Å². The highest BCUT2D eigenvalue weighted by molar-refractivity contribution is 7.93. The van der Waals surface area contributed by atoms with E-state index in [4.69, 9.17) is 4.78 Å². The van der Waals surface area contributed by atoms with Crippen LogP contribution in [0.25, 0.3) is 0 Å². The van der Waals surface area contributed by atoms with Crippen molar-refractivity contribution in [1.29, 1.82) is 4.78 Å². The number of benzene rings is 2. The van der Waals surface area contributed by atoms with Gasteiger partial charge < -0.3 is 5.32 Å². The summed E-state index contributed by atoms with van der Waals surface area (Å²) in [6.07, 6.45) is 2.63. The fraction of sp³-hybridized carbons (Fsp3) is 0.500. The summed E-state index contributed by atoms with van der Waals surface area (Å²) in [7, 11) is -10.3. The monoisotopic (exact) mass is 541 g/mol. The van der Waals surface area contributed by atoms with Crippen LogP contribution < -0.4 is 9.62 Å². The van der Waals surface area contributed by atoms with Crippen LogP contribution in [0.5, 0.6) is 0 Å². The van der Waals surface area contributed by atoms with Crippen LogP contribution in [0, 0.1) is 16.6 Å². The molecule has 1 aliphatic rings. The molecule has 0 saturated carbocycles. The standard InChI is InChI=1S/C24H35N3O5S3/c1-5-19-6-8-21(9-7-19)27(16-18(2)3)35(31,32)22-10-11-23(24(14-22)33(4,25)28)26-15-20-12-13-34(29,30)17-20/h6-11,14,18,20,25-26H,5,12-13,15-17H2,1-4H3. The molecule has 0 radical (unpaired) electrons. The predicted molar refractivity (Wildman–Crippen MR) is 142 cm³/mol. The third kappa shape index (κ3) is 6.77. The minimum absolute atomic E-state index is 0.0384. The molecule has 1 aliphatic heterocycles. The molecule has 3 rings (SSSR count). The van der Waals surface area contributed by atoms with E-state index in [-0.39, 0.29) is 39.7 Å². The summed E-state index contributed by atoms with van der Waals surface area (Å²) >= 11 is 0. The molecule has 0 spiro atoms. The average Bonchev–Trinajstić information content (AvgIpc) is 3.13. The molecule has 8 nitrogen and oxygen atoms in total. The Morgan fingerprint density at radius 1 is 1.11 bits per heavy atom. The molecule has 35 heavy (non-hydrogen) atoms. The molecule has 2 aromatic carbocycles. The van der Waals surface area contributed by atoms with Crippen LogP contribution in [0.4, 0.5) is 11.4 Å². The number of sulfone groups is 1. The maximum atomic E-state index is 13.7. The molecular formula is C24H35N3O5S3. The Morgan fingerprint density at radius 2 is 1.77 bits per heavy atom. The number of sulfonamides is 1. The highest BCUT2D eigenvalue weighted by Crippen LogP contribution is 2.31. The summed E-state index contributed by atoms with van der Waals surface area (Å²) in [5, 5.41) is 3.11. The minimum Gasteiger partial charge on any atom is -0.384 e. The van der Waals surface area contributed by atoms with Gasteiger partial charge in [0.25, 0.3) is 10.0 Å². The van der Waals surface area contributed by atoms with Gasteiger partial charge in [0.05, 0.1) is 42.4 Å². The zero-order chi connectivity index (χ0) is 26.0. The molecule has 2 aromatic rings. The lowest BCUT2D eigenvalue weighted by Crippen LogP contribution is -2.34. The number of nitrogens with one attached hydrogen (secondary N) is 2. The minimum atomic E-state index is -4.00. The molecule has 2 unspecified atom stereocenters. The maximum Gasteiger partial charge on any atom is 0.264 e. The van der Waals surface area contributed by atoms with Crippen molar-refractivity contribution in [2.45, 2.75) is 43.4 Å². The topological polar surface area (TPSA) is 124 Å². The van der Waals surface area contributed by atoms with Crippen LogP contribution in [0.3, 0.4) is 0 Å². The first-order chi connectivity index (χ1) is 16.2. The quantitative estimate of drug-likeness (QED) is 0.469. The molecule has 2 atom stereocenters. The van der Waals surface area contributed by atoms with Gasteiger partial charge in [0.2, 0.25) is 0 Å². The third-order valence-electron chi connectivity index (χ3n) is 6.03. The van der Waals surface area contributed by atoms with E-state index in [2.05, 4.69) is 5.32 Å². The first-order valence-corrected chi connectivity index (χ1v) is 16.9. The second-order valence-electron chi connectivity index (χ2n) is 9.60. The summed E-state index contributed by atoms with van der Waals surface area (Å²) in [4.78, 5) is 0.0498. The molecule has 11 heteroatoms. The van der Waals surface area contributed by atoms with Gasteiger partial charge in [-0.1, -0.05) is 32.9 Å². The van der Waals surface area contributed by atoms with Gasteiger partial charge in [-0.3, -0.25) is 4.31 Å². The SMILES string of the molecule is CCc1ccc(N(CC(C)C)S(=O)(=O)c2ccc(NCC3CCS(=O)(=O)C3)c(S(C)(=N)=O)c2)cc1. The first-order valence-electron chi connectivity index (χ1n) is 11.7. The molecule has 1 saturated heterocycles. The Bertz CT molecular complexity index is 1370. The summed E-state index contributed by atoms with van der Waals surface area (Å²) in [5.41, 5.74) is 2.03. The van der Waals surface area contributed by atoms with Crippen molar-refractivity contribution in [1.82, 2.24) is 0 Å². The van der Waals surface area contributed by atoms with Gasteiger partial charge in [0.15, 0.2) is 9.84 Å². The molecule has 0 amide bonds. The third-order valence-corrected chi connectivity index (χ3v) is 10.8. The van der Waals surface area contributed by atoms with E-state index >= 15 is 0 Å². The number of anilines is 2. The van der Waals surface area contributed by atoms with Crippen LogP contribution >= 0.6 is 0 Å². The van der Waals surface area contributed by atoms with Gasteiger partial charge in [0.1, 0.15) is 0 Å². The van der Waals surface area contributed by atoms with Crippen LogP contribution in [0.1, 0.15) is 32.8 Å². The Kier molecular flexibility index (Phi) is 8.23. The Labute approximate surface area is 210 Å². The molecule has 2 N–H and O–H groups in total. The van der Waals surface area contributed by atoms with Crippen LogP contribution in [-0.2, 0) is 36.0 Å². The van der Waals surface area contributed by atoms with Crippen molar-refractivity contribution in [3.05, 3.63) is 48.0 Å². The van der Waals surface area contributed by atoms with Crippen LogP contribution in [-0.4, -0.2) is 51.9 Å². The zero-order valence-corrected chi connectivity index (χ0v) is 23.1. The van der Waals surface area contributed by atoms with Crippen molar-refractivity contribution < 1.29 is 21.0 Å². The van der Waals surface area contributed by atoms with E-state index in [1.165, 1.54) is 28.8 Å². The van der Waals surface area contributed by atoms with Crippen molar-refractivity contribution in [3.8, 4) is 0 Å². The summed E-state index contributed by atoms with van der Waals surface area (Å²) in [5.74, 6) is 0.218. The van der Waals surface area contributed by atoms with Gasteiger partial charge in [-0.15, -0.1) is 0 Å². The van der Waals surface area contributed by atoms with E-state index in [0.717, 1.165) is 12.0 Å². The summed E-state index contributed by atoms with van der Waals surface area (Å²) in [6, 6.07) is 11.7. The lowest BCUT2D eigenvalue weighted by molar-refractivity contribution is 0.577. The van der Waals surface area contributed by atoms with Gasteiger partial charge in [-0.25, -0.2) is 25.8 Å². The molecule has 0 aromatic heterocycles. The predicted octanol–water partition coefficient (Wildman–Crippen LogP) is 3.98. The van der Waals surface area contributed by atoms with E-state index in [1.54, 1.807) is 12.1 Å². The number of rotatable bonds is 10. The number of aryl methyl sites for hydroxylation is 1. The second-order valence-corrected chi connectivity index (χ2v) is 15.8. The highest BCUT2D eigenvalue weighted by Gasteiger charge is 2.29. The van der Waals surface area contributed by atoms with Crippen molar-refractivity contribution in [2.24, 2.45) is 11.8 Å². The largest absolute Gasteiger partial charge is 0.384 e. The van der Waals surface area contributed by atoms with E-state index < -0.39 is 29.6 Å². The number of hydrogen-bond donors (Lipinski definition) is 2. The molecule has 0 bridgehead atoms. The Hall–Kier alpha value is -2.11. The molecule has 1 fully saturated rings. The van der Waals surface area contributed by atoms with Crippen LogP contribution in [0.2, 0.25) is 0 Å². The smallest absolute Gasteiger partial charge is 0.264 e. The lowest BCUT2D eigenvalue weighted by Gasteiger charge is -2.27. The van der Waals surface area contributed by atoms with Gasteiger partial charge >= 0.3 is 0 Å². The Balaban J connectivity index is 1.97. The fourth-order valence-corrected chi connectivity index (χ4v) is 8.62. The summed E-state index contributed by atoms with van der Waals surface area (Å²) in [6.45, 7) is 6.52. The number of hydrogen-bond acceptors (Lipinski definition) is 7. The molecule has 194 valence electrons. The second kappa shape index (κ2) is 10.5. The zero-order valence-electron chi connectivity index (χ0n) is 20.7. The highest BCUT2D eigenvalue weighted by atomic mass is 32.2. The molecule has 0 aliphatic carbocycles. The molecular weight excluding hydrogens is 506 g/mol. The van der Waals surface area contributed by atoms with E-state index in [0.29, 0.717) is 24.3 Å².